The van der Waals surface area contributed by atoms with E-state index in [-0.39, 0.29) is 12.3 Å². The maximum atomic E-state index is 11.4. The molecule has 1 heterocycles. The number of ether oxygens (including phenoxy) is 1. The SMILES string of the molecule is COc1ccc(/C=N\NC(=O)Cc2nn[nH]n2)cc1. The van der Waals surface area contributed by atoms with Crippen molar-refractivity contribution in [3.63, 3.8) is 0 Å². The third-order valence-electron chi connectivity index (χ3n) is 2.23. The summed E-state index contributed by atoms with van der Waals surface area (Å²) in [6.45, 7) is 0. The van der Waals surface area contributed by atoms with Crippen LogP contribution in [-0.2, 0) is 11.2 Å². The molecule has 98 valence electrons. The molecule has 0 saturated carbocycles. The fraction of sp³-hybridized carbons (Fsp3) is 0.182. The highest BCUT2D eigenvalue weighted by Gasteiger charge is 2.05. The molecule has 2 rings (SSSR count). The van der Waals surface area contributed by atoms with E-state index in [1.807, 2.05) is 24.3 Å². The number of hydrazone groups is 1. The van der Waals surface area contributed by atoms with Gasteiger partial charge in [0.05, 0.1) is 19.7 Å². The van der Waals surface area contributed by atoms with E-state index in [0.29, 0.717) is 5.82 Å². The van der Waals surface area contributed by atoms with Gasteiger partial charge in [-0.15, -0.1) is 10.2 Å². The lowest BCUT2D eigenvalue weighted by Gasteiger charge is -1.99. The van der Waals surface area contributed by atoms with E-state index in [0.717, 1.165) is 11.3 Å². The van der Waals surface area contributed by atoms with Crippen molar-refractivity contribution in [3.05, 3.63) is 35.7 Å². The van der Waals surface area contributed by atoms with Crippen LogP contribution in [0, 0.1) is 0 Å². The molecule has 0 aliphatic rings. The van der Waals surface area contributed by atoms with Crippen molar-refractivity contribution in [1.29, 1.82) is 0 Å². The van der Waals surface area contributed by atoms with Gasteiger partial charge in [-0.25, -0.2) is 5.43 Å². The number of H-pyrrole nitrogens is 1. The summed E-state index contributed by atoms with van der Waals surface area (Å²) in [5.41, 5.74) is 3.22. The van der Waals surface area contributed by atoms with Crippen LogP contribution in [0.5, 0.6) is 5.75 Å². The van der Waals surface area contributed by atoms with Crippen molar-refractivity contribution < 1.29 is 9.53 Å². The summed E-state index contributed by atoms with van der Waals surface area (Å²) in [5, 5.41) is 16.8. The Labute approximate surface area is 108 Å². The van der Waals surface area contributed by atoms with E-state index in [2.05, 4.69) is 31.2 Å². The maximum absolute atomic E-state index is 11.4. The quantitative estimate of drug-likeness (QED) is 0.577. The molecule has 2 N–H and O–H groups in total. The zero-order valence-corrected chi connectivity index (χ0v) is 10.2. The molecule has 0 radical (unpaired) electrons. The molecule has 0 fully saturated rings. The predicted molar refractivity (Wildman–Crippen MR) is 66.6 cm³/mol. The topological polar surface area (TPSA) is 105 Å². The number of benzene rings is 1. The van der Waals surface area contributed by atoms with Crippen LogP contribution >= 0.6 is 0 Å². The van der Waals surface area contributed by atoms with Crippen LogP contribution in [0.15, 0.2) is 29.4 Å². The molecule has 0 spiro atoms. The van der Waals surface area contributed by atoms with E-state index in [4.69, 9.17) is 4.74 Å². The Balaban J connectivity index is 1.83. The van der Waals surface area contributed by atoms with Gasteiger partial charge in [-0.2, -0.15) is 10.3 Å². The summed E-state index contributed by atoms with van der Waals surface area (Å²) in [5.74, 6) is 0.765. The van der Waals surface area contributed by atoms with Crippen LogP contribution in [0.2, 0.25) is 0 Å². The highest BCUT2D eigenvalue weighted by Crippen LogP contribution is 2.09. The van der Waals surface area contributed by atoms with E-state index in [1.165, 1.54) is 6.21 Å². The van der Waals surface area contributed by atoms with Gasteiger partial charge in [0, 0.05) is 0 Å². The van der Waals surface area contributed by atoms with Gasteiger partial charge in [-0.3, -0.25) is 4.79 Å². The number of aromatic nitrogens is 4. The van der Waals surface area contributed by atoms with Gasteiger partial charge >= 0.3 is 0 Å². The van der Waals surface area contributed by atoms with E-state index in [9.17, 15) is 4.79 Å². The fourth-order valence-electron chi connectivity index (χ4n) is 1.31. The number of methoxy groups -OCH3 is 1. The number of hydrogen-bond acceptors (Lipinski definition) is 6. The molecule has 0 bridgehead atoms. The molecule has 19 heavy (non-hydrogen) atoms. The Bertz CT molecular complexity index is 549. The molecule has 0 aliphatic heterocycles. The summed E-state index contributed by atoms with van der Waals surface area (Å²) < 4.78 is 5.03. The molecule has 0 atom stereocenters. The van der Waals surface area contributed by atoms with Gasteiger partial charge < -0.3 is 4.74 Å². The second-order valence-electron chi connectivity index (χ2n) is 3.57. The Morgan fingerprint density at radius 3 is 2.89 bits per heavy atom. The molecular formula is C11H12N6O2. The summed E-state index contributed by atoms with van der Waals surface area (Å²) >= 11 is 0. The third-order valence-corrected chi connectivity index (χ3v) is 2.23. The van der Waals surface area contributed by atoms with Crippen LogP contribution in [-0.4, -0.2) is 39.9 Å². The number of aromatic amines is 1. The lowest BCUT2D eigenvalue weighted by atomic mass is 10.2. The minimum Gasteiger partial charge on any atom is -0.497 e. The van der Waals surface area contributed by atoms with E-state index >= 15 is 0 Å². The molecule has 1 aromatic heterocycles. The van der Waals surface area contributed by atoms with E-state index < -0.39 is 0 Å². The van der Waals surface area contributed by atoms with Gasteiger partial charge in [0.1, 0.15) is 5.75 Å². The number of carbonyl (C=O) groups excluding carboxylic acids is 1. The van der Waals surface area contributed by atoms with Crippen LogP contribution in [0.25, 0.3) is 0 Å². The Morgan fingerprint density at radius 2 is 2.26 bits per heavy atom. The van der Waals surface area contributed by atoms with E-state index in [1.54, 1.807) is 7.11 Å². The first-order valence-electron chi connectivity index (χ1n) is 5.46. The van der Waals surface area contributed by atoms with Crippen molar-refractivity contribution in [2.75, 3.05) is 7.11 Å². The number of nitrogens with one attached hydrogen (secondary N) is 2. The van der Waals surface area contributed by atoms with Crippen LogP contribution in [0.1, 0.15) is 11.4 Å². The molecule has 8 heteroatoms. The zero-order valence-electron chi connectivity index (χ0n) is 10.2. The van der Waals surface area contributed by atoms with Gasteiger partial charge in [0.2, 0.25) is 5.91 Å². The van der Waals surface area contributed by atoms with Gasteiger partial charge in [0.15, 0.2) is 5.82 Å². The zero-order chi connectivity index (χ0) is 13.5. The normalized spacial score (nSPS) is 10.6. The highest BCUT2D eigenvalue weighted by atomic mass is 16.5. The first kappa shape index (κ1) is 12.7. The second kappa shape index (κ2) is 6.24. The number of rotatable bonds is 5. The van der Waals surface area contributed by atoms with Crippen molar-refractivity contribution in [2.45, 2.75) is 6.42 Å². The number of carbonyl (C=O) groups is 1. The maximum Gasteiger partial charge on any atom is 0.247 e. The van der Waals surface area contributed by atoms with Crippen molar-refractivity contribution >= 4 is 12.1 Å². The average molecular weight is 260 g/mol. The summed E-state index contributed by atoms with van der Waals surface area (Å²) in [6.07, 6.45) is 1.56. The minimum atomic E-state index is -0.314. The molecule has 1 aromatic carbocycles. The first-order valence-corrected chi connectivity index (χ1v) is 5.46. The molecular weight excluding hydrogens is 248 g/mol. The predicted octanol–water partition coefficient (Wildman–Crippen LogP) is -0.0989. The summed E-state index contributed by atoms with van der Waals surface area (Å²) in [6, 6.07) is 7.27. The number of nitrogens with zero attached hydrogens (tertiary/aromatic N) is 4. The van der Waals surface area contributed by atoms with Crippen LogP contribution < -0.4 is 10.2 Å². The Hall–Kier alpha value is -2.77. The lowest BCUT2D eigenvalue weighted by molar-refractivity contribution is -0.120. The molecule has 0 aliphatic carbocycles. The van der Waals surface area contributed by atoms with Gasteiger partial charge in [-0.05, 0) is 29.8 Å². The number of hydrogen-bond donors (Lipinski definition) is 2. The van der Waals surface area contributed by atoms with Crippen molar-refractivity contribution in [1.82, 2.24) is 26.0 Å². The molecule has 2 aromatic rings. The smallest absolute Gasteiger partial charge is 0.247 e. The highest BCUT2D eigenvalue weighted by molar-refractivity contribution is 5.83. The molecule has 1 amide bonds. The fourth-order valence-corrected chi connectivity index (χ4v) is 1.31. The first-order chi connectivity index (χ1) is 9.28. The Kier molecular flexibility index (Phi) is 4.17. The standard InChI is InChI=1S/C11H12N6O2/c1-19-9-4-2-8(3-5-9)7-12-15-11(18)6-10-13-16-17-14-10/h2-5,7H,6H2,1H3,(H,15,18)(H,13,14,16,17)/b12-7-. The lowest BCUT2D eigenvalue weighted by Crippen LogP contribution is -2.20. The molecule has 0 unspecified atom stereocenters. The molecule has 0 saturated heterocycles. The Morgan fingerprint density at radius 1 is 1.47 bits per heavy atom. The van der Waals surface area contributed by atoms with Crippen molar-refractivity contribution in [2.24, 2.45) is 5.10 Å². The van der Waals surface area contributed by atoms with Crippen LogP contribution in [0.3, 0.4) is 0 Å². The number of amides is 1. The number of tetrazole rings is 1. The summed E-state index contributed by atoms with van der Waals surface area (Å²) in [7, 11) is 1.60. The van der Waals surface area contributed by atoms with Gasteiger partial charge in [0.25, 0.3) is 0 Å². The third kappa shape index (κ3) is 3.87. The second-order valence-corrected chi connectivity index (χ2v) is 3.57. The van der Waals surface area contributed by atoms with Crippen LogP contribution in [0.4, 0.5) is 0 Å². The molecule has 8 nitrogen and oxygen atoms in total. The largest absolute Gasteiger partial charge is 0.497 e. The minimum absolute atomic E-state index is 0.0243. The summed E-state index contributed by atoms with van der Waals surface area (Å²) in [4.78, 5) is 11.4. The van der Waals surface area contributed by atoms with Gasteiger partial charge in [-0.1, -0.05) is 5.21 Å². The van der Waals surface area contributed by atoms with Crippen molar-refractivity contribution in [3.8, 4) is 5.75 Å². The monoisotopic (exact) mass is 260 g/mol. The average Bonchev–Trinajstić information content (AvgIpc) is 2.92.